The van der Waals surface area contributed by atoms with Crippen molar-refractivity contribution in [2.24, 2.45) is 0 Å². The molecule has 1 aromatic heterocycles. The Labute approximate surface area is 122 Å². The summed E-state index contributed by atoms with van der Waals surface area (Å²) >= 11 is 0. The van der Waals surface area contributed by atoms with Crippen LogP contribution in [0, 0.1) is 29.8 Å². The summed E-state index contributed by atoms with van der Waals surface area (Å²) < 4.78 is 13.5. The Kier molecular flexibility index (Phi) is 4.16. The fourth-order valence-electron chi connectivity index (χ4n) is 2.14. The van der Waals surface area contributed by atoms with Crippen molar-refractivity contribution in [3.63, 3.8) is 0 Å². The molecule has 2 rings (SSSR count). The third-order valence-corrected chi connectivity index (χ3v) is 3.26. The van der Waals surface area contributed by atoms with Crippen molar-refractivity contribution in [1.29, 1.82) is 0 Å². The molecule has 0 aliphatic carbocycles. The van der Waals surface area contributed by atoms with Gasteiger partial charge in [0, 0.05) is 19.7 Å². The topological polar surface area (TPSA) is 59.3 Å². The van der Waals surface area contributed by atoms with Gasteiger partial charge in [0.1, 0.15) is 17.8 Å². The highest BCUT2D eigenvalue weighted by Gasteiger charge is 2.13. The van der Waals surface area contributed by atoms with Crippen LogP contribution in [-0.4, -0.2) is 17.0 Å². The van der Waals surface area contributed by atoms with Crippen LogP contribution in [0.1, 0.15) is 16.7 Å². The molecule has 0 amide bonds. The normalized spacial score (nSPS) is 10.5. The van der Waals surface area contributed by atoms with Gasteiger partial charge in [-0.1, -0.05) is 12.1 Å². The lowest BCUT2D eigenvalue weighted by Crippen LogP contribution is -2.19. The summed E-state index contributed by atoms with van der Waals surface area (Å²) in [5, 5.41) is 10.7. The van der Waals surface area contributed by atoms with Crippen molar-refractivity contribution in [3.8, 4) is 0 Å². The smallest absolute Gasteiger partial charge is 0.287 e. The second-order valence-corrected chi connectivity index (χ2v) is 5.03. The van der Waals surface area contributed by atoms with Gasteiger partial charge in [-0.3, -0.25) is 10.1 Å². The van der Waals surface area contributed by atoms with Crippen LogP contribution in [0.2, 0.25) is 0 Å². The van der Waals surface area contributed by atoms with Crippen molar-refractivity contribution < 1.29 is 9.31 Å². The Hall–Kier alpha value is -2.50. The molecule has 0 atom stereocenters. The van der Waals surface area contributed by atoms with Crippen LogP contribution in [0.15, 0.2) is 30.5 Å². The summed E-state index contributed by atoms with van der Waals surface area (Å²) in [4.78, 5) is 16.2. The maximum Gasteiger partial charge on any atom is 0.287 e. The molecule has 1 heterocycles. The number of aryl methyl sites for hydroxylation is 2. The zero-order chi connectivity index (χ0) is 15.6. The first-order valence-corrected chi connectivity index (χ1v) is 6.45. The highest BCUT2D eigenvalue weighted by Crippen LogP contribution is 2.22. The van der Waals surface area contributed by atoms with Crippen LogP contribution in [0.5, 0.6) is 0 Å². The molecule has 0 saturated carbocycles. The van der Waals surface area contributed by atoms with Gasteiger partial charge in [-0.2, -0.15) is 0 Å². The number of halogens is 1. The number of pyridine rings is 1. The molecule has 1 aromatic carbocycles. The van der Waals surface area contributed by atoms with E-state index in [-0.39, 0.29) is 11.5 Å². The number of hydrogen-bond acceptors (Lipinski definition) is 4. The van der Waals surface area contributed by atoms with Crippen molar-refractivity contribution >= 4 is 11.5 Å². The molecule has 0 N–H and O–H groups in total. The number of nitrogens with zero attached hydrogens (tertiary/aromatic N) is 3. The molecule has 110 valence electrons. The van der Waals surface area contributed by atoms with Gasteiger partial charge in [0.05, 0.1) is 4.92 Å². The maximum absolute atomic E-state index is 13.5. The monoisotopic (exact) mass is 289 g/mol. The van der Waals surface area contributed by atoms with Gasteiger partial charge < -0.3 is 4.90 Å². The van der Waals surface area contributed by atoms with Crippen molar-refractivity contribution in [3.05, 3.63) is 63.1 Å². The van der Waals surface area contributed by atoms with Crippen LogP contribution >= 0.6 is 0 Å². The summed E-state index contributed by atoms with van der Waals surface area (Å²) in [5.41, 5.74) is 2.09. The third kappa shape index (κ3) is 3.34. The zero-order valence-electron chi connectivity index (χ0n) is 12.1. The molecule has 0 spiro atoms. The lowest BCUT2D eigenvalue weighted by atomic mass is 10.1. The fraction of sp³-hybridized carbons (Fsp3) is 0.267. The number of aromatic nitrogens is 1. The molecular weight excluding hydrogens is 273 g/mol. The Morgan fingerprint density at radius 1 is 1.29 bits per heavy atom. The summed E-state index contributed by atoms with van der Waals surface area (Å²) in [5.74, 6) is 0.399. The van der Waals surface area contributed by atoms with Gasteiger partial charge in [-0.05, 0) is 36.6 Å². The van der Waals surface area contributed by atoms with Crippen LogP contribution in [-0.2, 0) is 6.54 Å². The van der Waals surface area contributed by atoms with E-state index in [0.717, 1.165) is 5.56 Å². The Morgan fingerprint density at radius 2 is 2.00 bits per heavy atom. The minimum atomic E-state index is -0.473. The third-order valence-electron chi connectivity index (χ3n) is 3.26. The predicted octanol–water partition coefficient (Wildman–Crippen LogP) is 3.38. The number of hydrogen-bond donors (Lipinski definition) is 0. The molecule has 21 heavy (non-hydrogen) atoms. The number of anilines is 1. The van der Waals surface area contributed by atoms with Crippen molar-refractivity contribution in [2.75, 3.05) is 11.9 Å². The molecule has 0 aliphatic heterocycles. The molecule has 6 heteroatoms. The Morgan fingerprint density at radius 3 is 2.57 bits per heavy atom. The highest BCUT2D eigenvalue weighted by molar-refractivity contribution is 5.50. The molecule has 0 bridgehead atoms. The number of nitro groups is 1. The van der Waals surface area contributed by atoms with Crippen LogP contribution in [0.4, 0.5) is 15.9 Å². The second kappa shape index (κ2) is 5.87. The molecule has 0 saturated heterocycles. The minimum Gasteiger partial charge on any atom is -0.355 e. The predicted molar refractivity (Wildman–Crippen MR) is 78.9 cm³/mol. The minimum absolute atomic E-state index is 0.0361. The summed E-state index contributed by atoms with van der Waals surface area (Å²) in [6, 6.07) is 6.56. The van der Waals surface area contributed by atoms with E-state index in [1.165, 1.54) is 18.3 Å². The molecule has 0 radical (unpaired) electrons. The second-order valence-electron chi connectivity index (χ2n) is 5.03. The van der Waals surface area contributed by atoms with Gasteiger partial charge in [0.15, 0.2) is 0 Å². The highest BCUT2D eigenvalue weighted by atomic mass is 19.1. The lowest BCUT2D eigenvalue weighted by molar-refractivity contribution is -0.385. The molecule has 2 aromatic rings. The van der Waals surface area contributed by atoms with E-state index >= 15 is 0 Å². The van der Waals surface area contributed by atoms with E-state index in [1.807, 2.05) is 18.0 Å². The first kappa shape index (κ1) is 14.9. The molecule has 0 aliphatic rings. The van der Waals surface area contributed by atoms with E-state index in [2.05, 4.69) is 4.98 Å². The van der Waals surface area contributed by atoms with Crippen LogP contribution in [0.3, 0.4) is 0 Å². The zero-order valence-corrected chi connectivity index (χ0v) is 12.1. The number of rotatable bonds is 4. The van der Waals surface area contributed by atoms with Gasteiger partial charge in [0.25, 0.3) is 5.69 Å². The van der Waals surface area contributed by atoms with Gasteiger partial charge in [-0.25, -0.2) is 9.37 Å². The first-order chi connectivity index (χ1) is 9.88. The van der Waals surface area contributed by atoms with Crippen molar-refractivity contribution in [1.82, 2.24) is 4.98 Å². The van der Waals surface area contributed by atoms with E-state index in [4.69, 9.17) is 0 Å². The van der Waals surface area contributed by atoms with E-state index < -0.39 is 4.92 Å². The van der Waals surface area contributed by atoms with Gasteiger partial charge in [0.2, 0.25) is 0 Å². The maximum atomic E-state index is 13.5. The first-order valence-electron chi connectivity index (χ1n) is 6.45. The van der Waals surface area contributed by atoms with Gasteiger partial charge in [-0.15, -0.1) is 0 Å². The molecular formula is C15H16FN3O2. The van der Waals surface area contributed by atoms with E-state index in [0.29, 0.717) is 23.5 Å². The number of benzene rings is 1. The van der Waals surface area contributed by atoms with Gasteiger partial charge >= 0.3 is 0 Å². The molecule has 0 unspecified atom stereocenters. The fourth-order valence-corrected chi connectivity index (χ4v) is 2.14. The quantitative estimate of drug-likeness (QED) is 0.639. The summed E-state index contributed by atoms with van der Waals surface area (Å²) in [6.45, 7) is 3.95. The standard InChI is InChI=1S/C15H16FN3O2/c1-10-4-5-12(7-14(10)16)9-18(3)15-11(2)6-13(8-17-15)19(20)21/h4-8H,9H2,1-3H3. The SMILES string of the molecule is Cc1ccc(CN(C)c2ncc([N+](=O)[O-])cc2C)cc1F. The summed E-state index contributed by atoms with van der Waals surface area (Å²) in [7, 11) is 1.82. The Balaban J connectivity index is 2.21. The van der Waals surface area contributed by atoms with E-state index in [1.54, 1.807) is 19.9 Å². The average Bonchev–Trinajstić information content (AvgIpc) is 2.42. The summed E-state index contributed by atoms with van der Waals surface area (Å²) in [6.07, 6.45) is 1.23. The van der Waals surface area contributed by atoms with Crippen LogP contribution < -0.4 is 4.90 Å². The average molecular weight is 289 g/mol. The molecule has 0 fully saturated rings. The molecule has 5 nitrogen and oxygen atoms in total. The van der Waals surface area contributed by atoms with E-state index in [9.17, 15) is 14.5 Å². The Bertz CT molecular complexity index is 689. The van der Waals surface area contributed by atoms with Crippen molar-refractivity contribution in [2.45, 2.75) is 20.4 Å². The lowest BCUT2D eigenvalue weighted by Gasteiger charge is -2.20. The largest absolute Gasteiger partial charge is 0.355 e. The van der Waals surface area contributed by atoms with Crippen LogP contribution in [0.25, 0.3) is 0 Å².